The highest BCUT2D eigenvalue weighted by Crippen LogP contribution is 2.23. The van der Waals surface area contributed by atoms with Gasteiger partial charge in [0.25, 0.3) is 0 Å². The predicted octanol–water partition coefficient (Wildman–Crippen LogP) is 2.76. The fourth-order valence-corrected chi connectivity index (χ4v) is 4.17. The van der Waals surface area contributed by atoms with Crippen molar-refractivity contribution in [1.29, 1.82) is 0 Å². The van der Waals surface area contributed by atoms with Crippen LogP contribution in [0.25, 0.3) is 0 Å². The van der Waals surface area contributed by atoms with E-state index in [1.807, 2.05) is 38.1 Å². The van der Waals surface area contributed by atoms with E-state index in [0.29, 0.717) is 17.9 Å². The number of thioether (sulfide) groups is 1. The summed E-state index contributed by atoms with van der Waals surface area (Å²) >= 11 is 1.50. The van der Waals surface area contributed by atoms with Gasteiger partial charge in [-0.25, -0.2) is 13.1 Å². The molecule has 0 unspecified atom stereocenters. The number of carbonyl (C=O) groups is 1. The van der Waals surface area contributed by atoms with Crippen LogP contribution in [0.2, 0.25) is 0 Å². The van der Waals surface area contributed by atoms with Gasteiger partial charge in [0, 0.05) is 11.4 Å². The van der Waals surface area contributed by atoms with Crippen LogP contribution in [0.15, 0.2) is 47.4 Å². The van der Waals surface area contributed by atoms with Crippen LogP contribution in [-0.2, 0) is 27.1 Å². The number of carbonyl (C=O) groups excluding carboxylic acids is 1. The van der Waals surface area contributed by atoms with Crippen molar-refractivity contribution >= 4 is 27.7 Å². The Bertz CT molecular complexity index is 880. The van der Waals surface area contributed by atoms with Gasteiger partial charge >= 0.3 is 0 Å². The zero-order valence-corrected chi connectivity index (χ0v) is 16.8. The summed E-state index contributed by atoms with van der Waals surface area (Å²) in [5.41, 5.74) is 3.84. The zero-order valence-electron chi connectivity index (χ0n) is 15.2. The van der Waals surface area contributed by atoms with Crippen LogP contribution >= 0.6 is 11.8 Å². The maximum Gasteiger partial charge on any atom is 0.230 e. The van der Waals surface area contributed by atoms with E-state index < -0.39 is 10.0 Å². The molecule has 0 heterocycles. The molecule has 0 radical (unpaired) electrons. The van der Waals surface area contributed by atoms with Gasteiger partial charge in [-0.15, -0.1) is 11.8 Å². The second-order valence-electron chi connectivity index (χ2n) is 6.07. The summed E-state index contributed by atoms with van der Waals surface area (Å²) in [5.74, 6) is 0.134. The Labute approximate surface area is 159 Å². The highest BCUT2D eigenvalue weighted by atomic mass is 32.2. The molecule has 7 heteroatoms. The minimum absolute atomic E-state index is 0.0822. The molecule has 26 heavy (non-hydrogen) atoms. The average Bonchev–Trinajstić information content (AvgIpc) is 2.60. The molecule has 0 saturated carbocycles. The van der Waals surface area contributed by atoms with Crippen LogP contribution in [0.4, 0.5) is 0 Å². The molecular formula is C19H24N2O3S2. The number of amides is 1. The second kappa shape index (κ2) is 9.21. The summed E-state index contributed by atoms with van der Waals surface area (Å²) in [6.07, 6.45) is 0. The van der Waals surface area contributed by atoms with E-state index in [1.54, 1.807) is 12.1 Å². The molecule has 0 bridgehead atoms. The highest BCUT2D eigenvalue weighted by molar-refractivity contribution is 8.00. The van der Waals surface area contributed by atoms with E-state index in [0.717, 1.165) is 16.0 Å². The quantitative estimate of drug-likeness (QED) is 0.678. The first-order valence-corrected chi connectivity index (χ1v) is 10.9. The normalized spacial score (nSPS) is 11.3. The monoisotopic (exact) mass is 392 g/mol. The van der Waals surface area contributed by atoms with E-state index in [9.17, 15) is 13.2 Å². The lowest BCUT2D eigenvalue weighted by molar-refractivity contribution is -0.118. The molecule has 2 rings (SSSR count). The van der Waals surface area contributed by atoms with E-state index in [-0.39, 0.29) is 11.7 Å². The lowest BCUT2D eigenvalue weighted by atomic mass is 10.1. The third kappa shape index (κ3) is 6.16. The maximum absolute atomic E-state index is 12.2. The fraction of sp³-hybridized carbons (Fsp3) is 0.316. The summed E-state index contributed by atoms with van der Waals surface area (Å²) < 4.78 is 25.9. The molecule has 0 atom stereocenters. The molecule has 0 fully saturated rings. The van der Waals surface area contributed by atoms with Crippen molar-refractivity contribution in [3.05, 3.63) is 64.7 Å². The Hall–Kier alpha value is -1.83. The van der Waals surface area contributed by atoms with Crippen LogP contribution in [0.3, 0.4) is 0 Å². The summed E-state index contributed by atoms with van der Waals surface area (Å²) in [5, 5.41) is 2.87. The maximum atomic E-state index is 12.2. The standard InChI is InChI=1S/C19H24N2O3S2/c1-14-8-9-18(15(2)10-14)25-12-19(22)21-11-16-6-4-5-7-17(16)13-26(23,24)20-3/h4-10,20H,11-13H2,1-3H3,(H,21,22). The molecule has 2 aromatic rings. The first kappa shape index (κ1) is 20.5. The van der Waals surface area contributed by atoms with Crippen LogP contribution in [-0.4, -0.2) is 27.1 Å². The van der Waals surface area contributed by atoms with Gasteiger partial charge in [-0.05, 0) is 43.7 Å². The Balaban J connectivity index is 1.93. The molecule has 0 aliphatic heterocycles. The van der Waals surface area contributed by atoms with Crippen molar-refractivity contribution in [1.82, 2.24) is 10.0 Å². The molecule has 0 aliphatic rings. The zero-order chi connectivity index (χ0) is 19.2. The van der Waals surface area contributed by atoms with Crippen molar-refractivity contribution in [2.75, 3.05) is 12.8 Å². The van der Waals surface area contributed by atoms with E-state index >= 15 is 0 Å². The Kier molecular flexibility index (Phi) is 7.25. The molecule has 1 amide bonds. The summed E-state index contributed by atoms with van der Waals surface area (Å²) in [4.78, 5) is 13.2. The van der Waals surface area contributed by atoms with Gasteiger partial charge in [-0.3, -0.25) is 4.79 Å². The summed E-state index contributed by atoms with van der Waals surface area (Å²) in [6, 6.07) is 13.4. The summed E-state index contributed by atoms with van der Waals surface area (Å²) in [6.45, 7) is 4.38. The largest absolute Gasteiger partial charge is 0.351 e. The predicted molar refractivity (Wildman–Crippen MR) is 107 cm³/mol. The molecule has 2 aromatic carbocycles. The van der Waals surface area contributed by atoms with Gasteiger partial charge in [0.15, 0.2) is 0 Å². The Morgan fingerprint density at radius 2 is 1.77 bits per heavy atom. The molecule has 0 saturated heterocycles. The first-order valence-electron chi connectivity index (χ1n) is 8.25. The lowest BCUT2D eigenvalue weighted by Crippen LogP contribution is -2.26. The van der Waals surface area contributed by atoms with Crippen LogP contribution in [0, 0.1) is 13.8 Å². The number of hydrogen-bond acceptors (Lipinski definition) is 4. The highest BCUT2D eigenvalue weighted by Gasteiger charge is 2.12. The van der Waals surface area contributed by atoms with E-state index in [4.69, 9.17) is 0 Å². The van der Waals surface area contributed by atoms with E-state index in [1.165, 1.54) is 24.4 Å². The van der Waals surface area contributed by atoms with Gasteiger partial charge in [0.2, 0.25) is 15.9 Å². The van der Waals surface area contributed by atoms with Crippen molar-refractivity contribution in [2.45, 2.75) is 31.0 Å². The number of nitrogens with one attached hydrogen (secondary N) is 2. The molecule has 5 nitrogen and oxygen atoms in total. The molecular weight excluding hydrogens is 368 g/mol. The molecule has 0 aliphatic carbocycles. The average molecular weight is 393 g/mol. The third-order valence-electron chi connectivity index (χ3n) is 3.94. The van der Waals surface area contributed by atoms with E-state index in [2.05, 4.69) is 16.1 Å². The Morgan fingerprint density at radius 3 is 2.42 bits per heavy atom. The van der Waals surface area contributed by atoms with Crippen molar-refractivity contribution < 1.29 is 13.2 Å². The number of sulfonamides is 1. The summed E-state index contributed by atoms with van der Waals surface area (Å²) in [7, 11) is -1.96. The number of benzene rings is 2. The van der Waals surface area contributed by atoms with Crippen LogP contribution in [0.5, 0.6) is 0 Å². The molecule has 2 N–H and O–H groups in total. The van der Waals surface area contributed by atoms with Gasteiger partial charge in [-0.1, -0.05) is 42.0 Å². The van der Waals surface area contributed by atoms with Gasteiger partial charge in [0.05, 0.1) is 11.5 Å². The minimum atomic E-state index is -3.36. The molecule has 0 aromatic heterocycles. The number of hydrogen-bond donors (Lipinski definition) is 2. The smallest absolute Gasteiger partial charge is 0.230 e. The van der Waals surface area contributed by atoms with Crippen molar-refractivity contribution in [3.8, 4) is 0 Å². The fourth-order valence-electron chi connectivity index (χ4n) is 2.50. The Morgan fingerprint density at radius 1 is 1.08 bits per heavy atom. The second-order valence-corrected chi connectivity index (χ2v) is 9.01. The number of rotatable bonds is 8. The first-order chi connectivity index (χ1) is 12.3. The topological polar surface area (TPSA) is 75.3 Å². The molecule has 0 spiro atoms. The SMILES string of the molecule is CNS(=O)(=O)Cc1ccccc1CNC(=O)CSc1ccc(C)cc1C. The van der Waals surface area contributed by atoms with Gasteiger partial charge in [0.1, 0.15) is 0 Å². The van der Waals surface area contributed by atoms with Crippen molar-refractivity contribution in [3.63, 3.8) is 0 Å². The van der Waals surface area contributed by atoms with Crippen LogP contribution < -0.4 is 10.0 Å². The van der Waals surface area contributed by atoms with Crippen LogP contribution in [0.1, 0.15) is 22.3 Å². The third-order valence-corrected chi connectivity index (χ3v) is 6.43. The minimum Gasteiger partial charge on any atom is -0.351 e. The van der Waals surface area contributed by atoms with Crippen molar-refractivity contribution in [2.24, 2.45) is 0 Å². The number of aryl methyl sites for hydroxylation is 2. The van der Waals surface area contributed by atoms with Gasteiger partial charge in [-0.2, -0.15) is 0 Å². The van der Waals surface area contributed by atoms with Gasteiger partial charge < -0.3 is 5.32 Å². The lowest BCUT2D eigenvalue weighted by Gasteiger charge is -2.11. The molecule has 140 valence electrons.